The Morgan fingerprint density at radius 1 is 1.33 bits per heavy atom. The molecule has 1 amide bonds. The van der Waals surface area contributed by atoms with Gasteiger partial charge in [0.2, 0.25) is 0 Å². The normalized spacial score (nSPS) is 11.0. The van der Waals surface area contributed by atoms with Crippen LogP contribution < -0.4 is 10.1 Å². The number of amides is 1. The average molecular weight is 345 g/mol. The molecule has 3 aromatic rings. The number of hydrogen-bond acceptors (Lipinski definition) is 4. The summed E-state index contributed by atoms with van der Waals surface area (Å²) in [6.45, 7) is 4.04. The maximum absolute atomic E-state index is 12.6. The second kappa shape index (κ2) is 6.49. The van der Waals surface area contributed by atoms with Crippen LogP contribution in [0.2, 0.25) is 5.02 Å². The van der Waals surface area contributed by atoms with Crippen LogP contribution in [0.25, 0.3) is 5.65 Å². The van der Waals surface area contributed by atoms with Crippen LogP contribution in [0, 0.1) is 0 Å². The number of anilines is 1. The maximum Gasteiger partial charge on any atom is 0.259 e. The van der Waals surface area contributed by atoms with Crippen LogP contribution in [-0.4, -0.2) is 27.6 Å². The molecule has 0 saturated carbocycles. The number of halogens is 1. The summed E-state index contributed by atoms with van der Waals surface area (Å²) in [5.41, 5.74) is 1.52. The Hall–Kier alpha value is -2.60. The highest BCUT2D eigenvalue weighted by atomic mass is 35.5. The van der Waals surface area contributed by atoms with Gasteiger partial charge in [-0.1, -0.05) is 25.4 Å². The number of pyridine rings is 1. The van der Waals surface area contributed by atoms with Crippen LogP contribution in [0.15, 0.2) is 36.5 Å². The molecule has 1 N–H and O–H groups in total. The molecule has 7 heteroatoms. The summed E-state index contributed by atoms with van der Waals surface area (Å²) >= 11 is 5.99. The monoisotopic (exact) mass is 344 g/mol. The number of hydrogen-bond donors (Lipinski definition) is 1. The number of fused-ring (bicyclic) bond motifs is 1. The van der Waals surface area contributed by atoms with Gasteiger partial charge in [0.1, 0.15) is 5.75 Å². The van der Waals surface area contributed by atoms with Crippen LogP contribution in [0.3, 0.4) is 0 Å². The Morgan fingerprint density at radius 2 is 2.12 bits per heavy atom. The summed E-state index contributed by atoms with van der Waals surface area (Å²) in [4.78, 5) is 17.1. The number of nitrogens with zero attached hydrogens (tertiary/aromatic N) is 3. The first-order valence-corrected chi connectivity index (χ1v) is 7.87. The molecule has 0 atom stereocenters. The zero-order chi connectivity index (χ0) is 17.3. The quantitative estimate of drug-likeness (QED) is 0.782. The minimum absolute atomic E-state index is 0.196. The summed E-state index contributed by atoms with van der Waals surface area (Å²) < 4.78 is 6.88. The van der Waals surface area contributed by atoms with Crippen LogP contribution >= 0.6 is 11.6 Å². The molecule has 124 valence electrons. The lowest BCUT2D eigenvalue weighted by Crippen LogP contribution is -2.14. The lowest BCUT2D eigenvalue weighted by atomic mass is 10.2. The number of aromatic nitrogens is 3. The summed E-state index contributed by atoms with van der Waals surface area (Å²) in [6.07, 6.45) is 1.80. The molecule has 2 heterocycles. The van der Waals surface area contributed by atoms with Crippen LogP contribution in [0.5, 0.6) is 5.75 Å². The van der Waals surface area contributed by atoms with E-state index in [1.54, 1.807) is 41.0 Å². The molecule has 0 bridgehead atoms. The predicted molar refractivity (Wildman–Crippen MR) is 93.0 cm³/mol. The second-order valence-electron chi connectivity index (χ2n) is 5.61. The van der Waals surface area contributed by atoms with Gasteiger partial charge in [-0.15, -0.1) is 0 Å². The van der Waals surface area contributed by atoms with E-state index in [-0.39, 0.29) is 11.8 Å². The van der Waals surface area contributed by atoms with Gasteiger partial charge in [0.15, 0.2) is 11.5 Å². The first-order valence-electron chi connectivity index (χ1n) is 7.49. The van der Waals surface area contributed by atoms with E-state index >= 15 is 0 Å². The molecule has 2 aromatic heterocycles. The Balaban J connectivity index is 1.98. The van der Waals surface area contributed by atoms with E-state index in [9.17, 15) is 4.79 Å². The number of methoxy groups -OCH3 is 1. The van der Waals surface area contributed by atoms with E-state index in [1.165, 1.54) is 7.11 Å². The Morgan fingerprint density at radius 3 is 2.83 bits per heavy atom. The molecular weight excluding hydrogens is 328 g/mol. The minimum Gasteiger partial charge on any atom is -0.496 e. The summed E-state index contributed by atoms with van der Waals surface area (Å²) in [5, 5.41) is 7.73. The van der Waals surface area contributed by atoms with Crippen molar-refractivity contribution in [3.63, 3.8) is 0 Å². The van der Waals surface area contributed by atoms with Crippen molar-refractivity contribution >= 4 is 28.8 Å². The molecule has 24 heavy (non-hydrogen) atoms. The van der Waals surface area contributed by atoms with Gasteiger partial charge in [0.05, 0.1) is 18.4 Å². The Labute approximate surface area is 144 Å². The number of ether oxygens (including phenoxy) is 1. The number of benzene rings is 1. The van der Waals surface area contributed by atoms with E-state index in [1.807, 2.05) is 13.8 Å². The first-order chi connectivity index (χ1) is 11.5. The van der Waals surface area contributed by atoms with Gasteiger partial charge in [0, 0.05) is 17.1 Å². The highest BCUT2D eigenvalue weighted by molar-refractivity contribution is 6.31. The van der Waals surface area contributed by atoms with Crippen molar-refractivity contribution in [3.05, 3.63) is 52.9 Å². The molecule has 0 aliphatic carbocycles. The third-order valence-electron chi connectivity index (χ3n) is 3.55. The molecular formula is C17H17ClN4O2. The van der Waals surface area contributed by atoms with Gasteiger partial charge >= 0.3 is 0 Å². The fraction of sp³-hybridized carbons (Fsp3) is 0.235. The number of carbonyl (C=O) groups is 1. The smallest absolute Gasteiger partial charge is 0.259 e. The molecule has 6 nitrogen and oxygen atoms in total. The fourth-order valence-electron chi connectivity index (χ4n) is 2.31. The van der Waals surface area contributed by atoms with Gasteiger partial charge in [-0.3, -0.25) is 4.79 Å². The molecule has 0 unspecified atom stereocenters. The molecule has 1 aromatic carbocycles. The van der Waals surface area contributed by atoms with E-state index < -0.39 is 0 Å². The number of nitrogens with one attached hydrogen (secondary N) is 1. The summed E-state index contributed by atoms with van der Waals surface area (Å²) in [6, 6.07) is 8.48. The van der Waals surface area contributed by atoms with E-state index in [0.717, 1.165) is 5.82 Å². The van der Waals surface area contributed by atoms with Crippen LogP contribution in [0.4, 0.5) is 5.69 Å². The molecule has 0 aliphatic rings. The van der Waals surface area contributed by atoms with Gasteiger partial charge in [-0.2, -0.15) is 5.10 Å². The lowest BCUT2D eigenvalue weighted by molar-refractivity contribution is 0.102. The highest BCUT2D eigenvalue weighted by Gasteiger charge is 2.16. The molecule has 3 rings (SSSR count). The minimum atomic E-state index is -0.323. The van der Waals surface area contributed by atoms with Crippen molar-refractivity contribution in [3.8, 4) is 5.75 Å². The zero-order valence-corrected chi connectivity index (χ0v) is 14.3. The molecule has 0 aliphatic heterocycles. The third-order valence-corrected chi connectivity index (χ3v) is 3.78. The largest absolute Gasteiger partial charge is 0.496 e. The topological polar surface area (TPSA) is 68.5 Å². The van der Waals surface area contributed by atoms with E-state index in [2.05, 4.69) is 15.4 Å². The predicted octanol–water partition coefficient (Wildman–Crippen LogP) is 3.77. The molecule has 0 spiro atoms. The molecule has 0 saturated heterocycles. The Kier molecular flexibility index (Phi) is 4.40. The number of carbonyl (C=O) groups excluding carboxylic acids is 1. The van der Waals surface area contributed by atoms with Crippen LogP contribution in [-0.2, 0) is 0 Å². The van der Waals surface area contributed by atoms with Gasteiger partial charge in [-0.25, -0.2) is 9.50 Å². The Bertz CT molecular complexity index is 905. The van der Waals surface area contributed by atoms with Crippen molar-refractivity contribution in [1.29, 1.82) is 0 Å². The summed E-state index contributed by atoms with van der Waals surface area (Å²) in [5.74, 6) is 1.04. The van der Waals surface area contributed by atoms with Gasteiger partial charge in [-0.05, 0) is 30.3 Å². The SMILES string of the molecule is COc1ccc(Cl)cc1C(=O)Nc1cccn2nc(C(C)C)nc12. The van der Waals surface area contributed by atoms with Gasteiger partial charge < -0.3 is 10.1 Å². The molecule has 0 fully saturated rings. The highest BCUT2D eigenvalue weighted by Crippen LogP contribution is 2.25. The standard InChI is InChI=1S/C17H17ClN4O2/c1-10(2)15-20-16-13(5-4-8-22(16)21-15)19-17(23)12-9-11(18)6-7-14(12)24-3/h4-10H,1-3H3,(H,19,23). The molecule has 0 radical (unpaired) electrons. The average Bonchev–Trinajstić information content (AvgIpc) is 3.00. The maximum atomic E-state index is 12.6. The van der Waals surface area contributed by atoms with Crippen molar-refractivity contribution in [2.45, 2.75) is 19.8 Å². The van der Waals surface area contributed by atoms with E-state index in [0.29, 0.717) is 27.7 Å². The number of rotatable bonds is 4. The van der Waals surface area contributed by atoms with Crippen LogP contribution in [0.1, 0.15) is 35.9 Å². The third kappa shape index (κ3) is 3.05. The van der Waals surface area contributed by atoms with Crippen molar-refractivity contribution in [1.82, 2.24) is 14.6 Å². The second-order valence-corrected chi connectivity index (χ2v) is 6.05. The van der Waals surface area contributed by atoms with E-state index in [4.69, 9.17) is 16.3 Å². The van der Waals surface area contributed by atoms with Gasteiger partial charge in [0.25, 0.3) is 5.91 Å². The summed E-state index contributed by atoms with van der Waals surface area (Å²) in [7, 11) is 1.51. The first kappa shape index (κ1) is 16.3. The zero-order valence-electron chi connectivity index (χ0n) is 13.6. The fourth-order valence-corrected chi connectivity index (χ4v) is 2.48. The lowest BCUT2D eigenvalue weighted by Gasteiger charge is -2.10. The van der Waals surface area contributed by atoms with Crippen molar-refractivity contribution < 1.29 is 9.53 Å². The van der Waals surface area contributed by atoms with Crippen molar-refractivity contribution in [2.24, 2.45) is 0 Å². The van der Waals surface area contributed by atoms with Crippen molar-refractivity contribution in [2.75, 3.05) is 12.4 Å².